The number of nitrogens with one attached hydrogen (secondary N) is 1. The summed E-state index contributed by atoms with van der Waals surface area (Å²) in [4.78, 5) is 41.7. The second-order valence-corrected chi connectivity index (χ2v) is 7.94. The number of nitrogen functional groups attached to an aromatic ring is 1. The van der Waals surface area contributed by atoms with E-state index >= 15 is 0 Å². The molecule has 2 rings (SSSR count). The Balaban J connectivity index is 2.29. The highest BCUT2D eigenvalue weighted by molar-refractivity contribution is 5.95. The van der Waals surface area contributed by atoms with Crippen LogP contribution in [0.2, 0.25) is 0 Å². The summed E-state index contributed by atoms with van der Waals surface area (Å²) in [6.07, 6.45) is 10.6. The van der Waals surface area contributed by atoms with Crippen LogP contribution in [0, 0.1) is 5.92 Å². The summed E-state index contributed by atoms with van der Waals surface area (Å²) < 4.78 is 1.39. The minimum absolute atomic E-state index is 0.0686. The molecule has 0 aliphatic heterocycles. The molecule has 1 aliphatic rings. The number of carbonyl (C=O) groups excluding carboxylic acids is 1. The number of nitrogens with zero attached hydrogens (tertiary/aromatic N) is 2. The van der Waals surface area contributed by atoms with Gasteiger partial charge in [-0.1, -0.05) is 58.8 Å². The summed E-state index contributed by atoms with van der Waals surface area (Å²) in [6.45, 7) is 5.01. The van der Waals surface area contributed by atoms with Crippen LogP contribution in [0.3, 0.4) is 0 Å². The van der Waals surface area contributed by atoms with Gasteiger partial charge in [0.1, 0.15) is 5.82 Å². The lowest BCUT2D eigenvalue weighted by atomic mass is 10.0. The number of unbranched alkanes of at least 4 members (excludes halogenated alkanes) is 3. The molecule has 1 fully saturated rings. The average Bonchev–Trinajstić information content (AvgIpc) is 3.18. The van der Waals surface area contributed by atoms with Crippen LogP contribution in [0.25, 0.3) is 0 Å². The number of carbonyl (C=O) groups is 1. The van der Waals surface area contributed by atoms with E-state index in [9.17, 15) is 14.4 Å². The molecule has 7 nitrogen and oxygen atoms in total. The molecule has 1 heterocycles. The third-order valence-electron chi connectivity index (χ3n) is 5.75. The van der Waals surface area contributed by atoms with Crippen LogP contribution in [-0.4, -0.2) is 22.0 Å². The van der Waals surface area contributed by atoms with Gasteiger partial charge in [0.2, 0.25) is 5.91 Å². The molecule has 0 aromatic carbocycles. The average molecular weight is 393 g/mol. The summed E-state index contributed by atoms with van der Waals surface area (Å²) in [5.74, 6) is 0.643. The first-order valence-corrected chi connectivity index (χ1v) is 10.9. The molecule has 0 unspecified atom stereocenters. The van der Waals surface area contributed by atoms with E-state index in [0.29, 0.717) is 25.4 Å². The monoisotopic (exact) mass is 392 g/mol. The van der Waals surface area contributed by atoms with E-state index in [2.05, 4.69) is 11.9 Å². The Kier molecular flexibility index (Phi) is 8.80. The van der Waals surface area contributed by atoms with Crippen LogP contribution in [0.15, 0.2) is 9.59 Å². The fraction of sp³-hybridized carbons (Fsp3) is 0.762. The van der Waals surface area contributed by atoms with E-state index in [1.807, 2.05) is 6.92 Å². The normalized spacial score (nSPS) is 14.5. The Labute approximate surface area is 167 Å². The van der Waals surface area contributed by atoms with Gasteiger partial charge in [0.15, 0.2) is 5.69 Å². The molecule has 0 atom stereocenters. The Morgan fingerprint density at radius 1 is 1.14 bits per heavy atom. The minimum Gasteiger partial charge on any atom is -0.383 e. The number of rotatable bonds is 11. The molecule has 1 aromatic heterocycles. The molecule has 1 aromatic rings. The van der Waals surface area contributed by atoms with E-state index in [1.54, 1.807) is 0 Å². The maximum absolute atomic E-state index is 13.0. The first-order valence-electron chi connectivity index (χ1n) is 10.9. The SMILES string of the molecule is CCCCCN(C(=O)CCC1CCCC1)c1c(N)n(CCCC)c(=O)[nH]c1=O. The highest BCUT2D eigenvalue weighted by Gasteiger charge is 2.25. The van der Waals surface area contributed by atoms with Crippen molar-refractivity contribution in [1.82, 2.24) is 9.55 Å². The van der Waals surface area contributed by atoms with Crippen LogP contribution in [-0.2, 0) is 11.3 Å². The van der Waals surface area contributed by atoms with Crippen LogP contribution >= 0.6 is 0 Å². The van der Waals surface area contributed by atoms with Crippen LogP contribution in [0.4, 0.5) is 11.5 Å². The number of hydrogen-bond donors (Lipinski definition) is 2. The fourth-order valence-corrected chi connectivity index (χ4v) is 4.02. The van der Waals surface area contributed by atoms with Gasteiger partial charge < -0.3 is 10.6 Å². The quantitative estimate of drug-likeness (QED) is 0.563. The zero-order valence-electron chi connectivity index (χ0n) is 17.5. The van der Waals surface area contributed by atoms with Crippen LogP contribution < -0.4 is 21.9 Å². The van der Waals surface area contributed by atoms with Gasteiger partial charge in [0.25, 0.3) is 5.56 Å². The van der Waals surface area contributed by atoms with Gasteiger partial charge in [-0.15, -0.1) is 0 Å². The molecule has 1 aliphatic carbocycles. The number of nitrogens with two attached hydrogens (primary N) is 1. The van der Waals surface area contributed by atoms with Gasteiger partial charge in [-0.05, 0) is 25.2 Å². The van der Waals surface area contributed by atoms with E-state index in [1.165, 1.54) is 35.2 Å². The third kappa shape index (κ3) is 5.72. The second kappa shape index (κ2) is 11.1. The third-order valence-corrected chi connectivity index (χ3v) is 5.75. The molecule has 0 saturated heterocycles. The van der Waals surface area contributed by atoms with E-state index in [-0.39, 0.29) is 17.4 Å². The predicted octanol–water partition coefficient (Wildman–Crippen LogP) is 3.41. The van der Waals surface area contributed by atoms with Crippen LogP contribution in [0.1, 0.15) is 84.5 Å². The van der Waals surface area contributed by atoms with Gasteiger partial charge in [0.05, 0.1) is 0 Å². The Morgan fingerprint density at radius 2 is 1.82 bits per heavy atom. The molecule has 3 N–H and O–H groups in total. The minimum atomic E-state index is -0.569. The van der Waals surface area contributed by atoms with E-state index < -0.39 is 11.2 Å². The molecule has 28 heavy (non-hydrogen) atoms. The first-order chi connectivity index (χ1) is 13.5. The Hall–Kier alpha value is -2.05. The molecule has 1 saturated carbocycles. The number of aromatic amines is 1. The molecule has 0 bridgehead atoms. The van der Waals surface area contributed by atoms with Gasteiger partial charge in [-0.3, -0.25) is 19.1 Å². The lowest BCUT2D eigenvalue weighted by molar-refractivity contribution is -0.118. The lowest BCUT2D eigenvalue weighted by Gasteiger charge is -2.25. The molecule has 7 heteroatoms. The molecule has 158 valence electrons. The summed E-state index contributed by atoms with van der Waals surface area (Å²) >= 11 is 0. The molecule has 0 radical (unpaired) electrons. The van der Waals surface area contributed by atoms with Gasteiger partial charge in [-0.2, -0.15) is 0 Å². The number of amides is 1. The van der Waals surface area contributed by atoms with E-state index in [0.717, 1.165) is 38.5 Å². The number of H-pyrrole nitrogens is 1. The summed E-state index contributed by atoms with van der Waals surface area (Å²) in [7, 11) is 0. The lowest BCUT2D eigenvalue weighted by Crippen LogP contribution is -2.41. The number of aromatic nitrogens is 2. The summed E-state index contributed by atoms with van der Waals surface area (Å²) in [5.41, 5.74) is 5.30. The maximum atomic E-state index is 13.0. The van der Waals surface area contributed by atoms with Crippen molar-refractivity contribution in [2.75, 3.05) is 17.2 Å². The van der Waals surface area contributed by atoms with Crippen molar-refractivity contribution in [2.24, 2.45) is 5.92 Å². The van der Waals surface area contributed by atoms with Crippen molar-refractivity contribution in [3.63, 3.8) is 0 Å². The van der Waals surface area contributed by atoms with Crippen LogP contribution in [0.5, 0.6) is 0 Å². The first kappa shape index (κ1) is 22.2. The fourth-order valence-electron chi connectivity index (χ4n) is 4.02. The standard InChI is InChI=1S/C21H36N4O3/c1-3-5-9-15-24(17(26)13-12-16-10-7-8-11-16)18-19(22)25(14-6-4-2)21(28)23-20(18)27/h16H,3-15,22H2,1-2H3,(H,23,27,28). The smallest absolute Gasteiger partial charge is 0.330 e. The second-order valence-electron chi connectivity index (χ2n) is 7.94. The zero-order valence-corrected chi connectivity index (χ0v) is 17.5. The molecule has 1 amide bonds. The van der Waals surface area contributed by atoms with Crippen molar-refractivity contribution in [3.05, 3.63) is 20.8 Å². The number of hydrogen-bond acceptors (Lipinski definition) is 4. The highest BCUT2D eigenvalue weighted by atomic mass is 16.2. The van der Waals surface area contributed by atoms with Gasteiger partial charge >= 0.3 is 5.69 Å². The topological polar surface area (TPSA) is 101 Å². The molecular formula is C21H36N4O3. The molecule has 0 spiro atoms. The summed E-state index contributed by atoms with van der Waals surface area (Å²) in [6, 6.07) is 0. The van der Waals surface area contributed by atoms with Gasteiger partial charge in [0, 0.05) is 19.5 Å². The maximum Gasteiger partial charge on any atom is 0.330 e. The summed E-state index contributed by atoms with van der Waals surface area (Å²) in [5, 5.41) is 0. The molecular weight excluding hydrogens is 356 g/mol. The zero-order chi connectivity index (χ0) is 20.5. The Bertz CT molecular complexity index is 747. The van der Waals surface area contributed by atoms with Gasteiger partial charge in [-0.25, -0.2) is 4.79 Å². The number of anilines is 2. The van der Waals surface area contributed by atoms with Crippen molar-refractivity contribution in [1.29, 1.82) is 0 Å². The van der Waals surface area contributed by atoms with Crippen molar-refractivity contribution < 1.29 is 4.79 Å². The van der Waals surface area contributed by atoms with Crippen molar-refractivity contribution in [2.45, 2.75) is 91.0 Å². The van der Waals surface area contributed by atoms with E-state index in [4.69, 9.17) is 5.73 Å². The van der Waals surface area contributed by atoms with Crippen molar-refractivity contribution in [3.8, 4) is 0 Å². The Morgan fingerprint density at radius 3 is 2.46 bits per heavy atom. The largest absolute Gasteiger partial charge is 0.383 e. The predicted molar refractivity (Wildman–Crippen MR) is 114 cm³/mol. The van der Waals surface area contributed by atoms with Crippen molar-refractivity contribution >= 4 is 17.4 Å². The highest BCUT2D eigenvalue weighted by Crippen LogP contribution is 2.29.